The normalized spacial score (nSPS) is 23.6. The lowest BCUT2D eigenvalue weighted by atomic mass is 10.1. The lowest BCUT2D eigenvalue weighted by Gasteiger charge is -2.22. The van der Waals surface area contributed by atoms with Crippen molar-refractivity contribution in [1.82, 2.24) is 4.90 Å². The molecule has 1 aliphatic heterocycles. The number of nitrogens with zero attached hydrogens (tertiary/aromatic N) is 1. The van der Waals surface area contributed by atoms with Crippen molar-refractivity contribution in [3.8, 4) is 0 Å². The molecule has 1 N–H and O–H groups in total. The minimum absolute atomic E-state index is 0.273. The van der Waals surface area contributed by atoms with E-state index in [-0.39, 0.29) is 12.0 Å². The van der Waals surface area contributed by atoms with Crippen LogP contribution < -0.4 is 0 Å². The van der Waals surface area contributed by atoms with Crippen LogP contribution >= 0.6 is 15.9 Å². The predicted molar refractivity (Wildman–Crippen MR) is 75.7 cm³/mol. The molecule has 1 aliphatic rings. The summed E-state index contributed by atoms with van der Waals surface area (Å²) in [6.07, 6.45) is -0.0111. The number of carbonyl (C=O) groups excluding carboxylic acids is 1. The van der Waals surface area contributed by atoms with Gasteiger partial charge in [0.15, 0.2) is 0 Å². The maximum Gasteiger partial charge on any atom is 0.323 e. The summed E-state index contributed by atoms with van der Waals surface area (Å²) < 4.78 is 5.87. The van der Waals surface area contributed by atoms with Gasteiger partial charge in [-0.3, -0.25) is 9.69 Å². The first-order chi connectivity index (χ1) is 9.01. The number of benzene rings is 1. The van der Waals surface area contributed by atoms with Gasteiger partial charge in [-0.25, -0.2) is 0 Å². The highest BCUT2D eigenvalue weighted by atomic mass is 79.9. The lowest BCUT2D eigenvalue weighted by molar-refractivity contribution is -0.146. The van der Waals surface area contributed by atoms with Crippen molar-refractivity contribution in [2.24, 2.45) is 0 Å². The van der Waals surface area contributed by atoms with Gasteiger partial charge in [-0.2, -0.15) is 0 Å². The van der Waals surface area contributed by atoms with E-state index in [2.05, 4.69) is 22.0 Å². The summed E-state index contributed by atoms with van der Waals surface area (Å²) in [4.78, 5) is 13.7. The van der Waals surface area contributed by atoms with Crippen LogP contribution in [0.2, 0.25) is 0 Å². The highest BCUT2D eigenvalue weighted by Gasteiger charge is 2.36. The smallest absolute Gasteiger partial charge is 0.323 e. The van der Waals surface area contributed by atoms with Crippen LogP contribution in [0.3, 0.4) is 0 Å². The second kappa shape index (κ2) is 6.03. The SMILES string of the molecule is COC(=O)[C@H]1C[C@@H](O)CN1Cc1ccc(Br)c(C)c1. The summed E-state index contributed by atoms with van der Waals surface area (Å²) in [6.45, 7) is 3.18. The van der Waals surface area contributed by atoms with Gasteiger partial charge in [0.25, 0.3) is 0 Å². The van der Waals surface area contributed by atoms with Crippen LogP contribution in [0, 0.1) is 6.92 Å². The Morgan fingerprint density at radius 3 is 2.95 bits per heavy atom. The molecular formula is C14H18BrNO3. The molecule has 0 amide bonds. The van der Waals surface area contributed by atoms with E-state index >= 15 is 0 Å². The molecule has 0 aliphatic carbocycles. The van der Waals surface area contributed by atoms with E-state index in [9.17, 15) is 9.90 Å². The zero-order valence-electron chi connectivity index (χ0n) is 11.1. The summed E-state index contributed by atoms with van der Waals surface area (Å²) in [5.74, 6) is -0.273. The number of aliphatic hydroxyl groups is 1. The van der Waals surface area contributed by atoms with Crippen molar-refractivity contribution < 1.29 is 14.6 Å². The van der Waals surface area contributed by atoms with E-state index < -0.39 is 6.10 Å². The Morgan fingerprint density at radius 2 is 2.32 bits per heavy atom. The number of aliphatic hydroxyl groups excluding tert-OH is 1. The van der Waals surface area contributed by atoms with E-state index in [0.29, 0.717) is 19.5 Å². The molecule has 2 atom stereocenters. The number of rotatable bonds is 3. The quantitative estimate of drug-likeness (QED) is 0.861. The van der Waals surface area contributed by atoms with Gasteiger partial charge < -0.3 is 9.84 Å². The molecule has 0 saturated carbocycles. The molecule has 1 fully saturated rings. The van der Waals surface area contributed by atoms with Gasteiger partial charge in [-0.15, -0.1) is 0 Å². The molecule has 19 heavy (non-hydrogen) atoms. The first-order valence-electron chi connectivity index (χ1n) is 6.26. The molecule has 4 nitrogen and oxygen atoms in total. The third kappa shape index (κ3) is 3.35. The van der Waals surface area contributed by atoms with Crippen molar-refractivity contribution >= 4 is 21.9 Å². The number of esters is 1. The van der Waals surface area contributed by atoms with Crippen LogP contribution in [0.1, 0.15) is 17.5 Å². The Bertz CT molecular complexity index is 478. The standard InChI is InChI=1S/C14H18BrNO3/c1-9-5-10(3-4-12(9)15)7-16-8-11(17)6-13(16)14(18)19-2/h3-5,11,13,17H,6-8H2,1-2H3/t11-,13-/m1/s1. The largest absolute Gasteiger partial charge is 0.468 e. The average molecular weight is 328 g/mol. The zero-order chi connectivity index (χ0) is 14.0. The van der Waals surface area contributed by atoms with Gasteiger partial charge in [0, 0.05) is 24.0 Å². The Kier molecular flexibility index (Phi) is 4.60. The second-order valence-electron chi connectivity index (χ2n) is 4.94. The fourth-order valence-electron chi connectivity index (χ4n) is 2.47. The molecule has 1 heterocycles. The number of carbonyl (C=O) groups is 1. The van der Waals surface area contributed by atoms with Gasteiger partial charge in [-0.05, 0) is 24.1 Å². The third-order valence-electron chi connectivity index (χ3n) is 3.46. The van der Waals surface area contributed by atoms with Crippen LogP contribution in [0.15, 0.2) is 22.7 Å². The topological polar surface area (TPSA) is 49.8 Å². The molecule has 0 bridgehead atoms. The fraction of sp³-hybridized carbons (Fsp3) is 0.500. The van der Waals surface area contributed by atoms with Crippen molar-refractivity contribution in [2.75, 3.05) is 13.7 Å². The number of hydrogen-bond donors (Lipinski definition) is 1. The molecule has 1 aromatic rings. The number of methoxy groups -OCH3 is 1. The number of halogens is 1. The fourth-order valence-corrected chi connectivity index (χ4v) is 2.72. The molecule has 0 radical (unpaired) electrons. The Hall–Kier alpha value is -0.910. The van der Waals surface area contributed by atoms with Crippen molar-refractivity contribution in [3.63, 3.8) is 0 Å². The molecule has 0 aromatic heterocycles. The number of ether oxygens (including phenoxy) is 1. The highest BCUT2D eigenvalue weighted by Crippen LogP contribution is 2.23. The van der Waals surface area contributed by atoms with Crippen LogP contribution in [0.5, 0.6) is 0 Å². The lowest BCUT2D eigenvalue weighted by Crippen LogP contribution is -2.36. The monoisotopic (exact) mass is 327 g/mol. The number of β-amino-alcohol motifs (C(OH)–C–C–N with tert-alkyl or cyclic N) is 1. The summed E-state index contributed by atoms with van der Waals surface area (Å²) >= 11 is 3.47. The second-order valence-corrected chi connectivity index (χ2v) is 5.80. The first kappa shape index (κ1) is 14.5. The molecule has 104 valence electrons. The van der Waals surface area contributed by atoms with Crippen LogP contribution in [-0.4, -0.2) is 41.8 Å². The van der Waals surface area contributed by atoms with E-state index in [1.165, 1.54) is 7.11 Å². The summed E-state index contributed by atoms with van der Waals surface area (Å²) in [7, 11) is 1.38. The van der Waals surface area contributed by atoms with Crippen molar-refractivity contribution in [3.05, 3.63) is 33.8 Å². The third-order valence-corrected chi connectivity index (χ3v) is 4.35. The van der Waals surface area contributed by atoms with Crippen LogP contribution in [0.25, 0.3) is 0 Å². The van der Waals surface area contributed by atoms with E-state index in [0.717, 1.165) is 15.6 Å². The number of hydrogen-bond acceptors (Lipinski definition) is 4. The molecule has 2 rings (SSSR count). The highest BCUT2D eigenvalue weighted by molar-refractivity contribution is 9.10. The van der Waals surface area contributed by atoms with Crippen molar-refractivity contribution in [1.29, 1.82) is 0 Å². The summed E-state index contributed by atoms with van der Waals surface area (Å²) in [6, 6.07) is 5.77. The van der Waals surface area contributed by atoms with Crippen molar-refractivity contribution in [2.45, 2.75) is 32.0 Å². The minimum atomic E-state index is -0.458. The minimum Gasteiger partial charge on any atom is -0.468 e. The first-order valence-corrected chi connectivity index (χ1v) is 7.05. The van der Waals surface area contributed by atoms with Gasteiger partial charge in [0.1, 0.15) is 6.04 Å². The molecular weight excluding hydrogens is 310 g/mol. The summed E-state index contributed by atoms with van der Waals surface area (Å²) in [5, 5.41) is 9.73. The molecule has 1 aromatic carbocycles. The van der Waals surface area contributed by atoms with E-state index in [1.807, 2.05) is 24.0 Å². The Balaban J connectivity index is 2.12. The molecule has 0 unspecified atom stereocenters. The Morgan fingerprint density at radius 1 is 1.58 bits per heavy atom. The Labute approximate surface area is 121 Å². The predicted octanol–water partition coefficient (Wildman–Crippen LogP) is 1.87. The number of likely N-dealkylation sites (tertiary alicyclic amines) is 1. The van der Waals surface area contributed by atoms with E-state index in [1.54, 1.807) is 0 Å². The van der Waals surface area contributed by atoms with Gasteiger partial charge in [-0.1, -0.05) is 28.1 Å². The van der Waals surface area contributed by atoms with Gasteiger partial charge in [0.05, 0.1) is 13.2 Å². The van der Waals surface area contributed by atoms with Gasteiger partial charge >= 0.3 is 5.97 Å². The van der Waals surface area contributed by atoms with Crippen LogP contribution in [0.4, 0.5) is 0 Å². The maximum atomic E-state index is 11.7. The van der Waals surface area contributed by atoms with Gasteiger partial charge in [0.2, 0.25) is 0 Å². The average Bonchev–Trinajstić information content (AvgIpc) is 2.74. The molecule has 5 heteroatoms. The number of aryl methyl sites for hydroxylation is 1. The maximum absolute atomic E-state index is 11.7. The molecule has 1 saturated heterocycles. The van der Waals surface area contributed by atoms with Crippen LogP contribution in [-0.2, 0) is 16.1 Å². The summed E-state index contributed by atoms with van der Waals surface area (Å²) in [5.41, 5.74) is 2.29. The van der Waals surface area contributed by atoms with E-state index in [4.69, 9.17) is 4.74 Å². The zero-order valence-corrected chi connectivity index (χ0v) is 12.7. The molecule has 0 spiro atoms.